The third kappa shape index (κ3) is 3.03. The zero-order valence-corrected chi connectivity index (χ0v) is 11.3. The first-order valence-electron chi connectivity index (χ1n) is 6.67. The molecule has 0 saturated carbocycles. The van der Waals surface area contributed by atoms with Gasteiger partial charge in [-0.1, -0.05) is 60.7 Å². The molecule has 0 atom stereocenters. The second-order valence-corrected chi connectivity index (χ2v) is 4.62. The highest BCUT2D eigenvalue weighted by molar-refractivity contribution is 5.89. The van der Waals surface area contributed by atoms with E-state index in [0.717, 1.165) is 11.1 Å². The molecule has 3 heteroatoms. The summed E-state index contributed by atoms with van der Waals surface area (Å²) in [4.78, 5) is 12.2. The molecule has 0 saturated heterocycles. The third-order valence-corrected chi connectivity index (χ3v) is 3.19. The summed E-state index contributed by atoms with van der Waals surface area (Å²) in [7, 11) is 0. The van der Waals surface area contributed by atoms with Crippen LogP contribution in [0, 0.1) is 0 Å². The molecule has 0 aliphatic rings. The molecule has 0 radical (unpaired) electrons. The molecule has 0 aliphatic heterocycles. The normalized spacial score (nSPS) is 10.5. The fourth-order valence-electron chi connectivity index (χ4n) is 2.14. The number of furan rings is 1. The summed E-state index contributed by atoms with van der Waals surface area (Å²) >= 11 is 0. The predicted molar refractivity (Wildman–Crippen MR) is 78.9 cm³/mol. The molecule has 3 aromatic rings. The van der Waals surface area contributed by atoms with E-state index >= 15 is 0 Å². The maximum atomic E-state index is 12.2. The zero-order valence-electron chi connectivity index (χ0n) is 11.3. The number of hydrogen-bond donors (Lipinski definition) is 0. The molecule has 0 bridgehead atoms. The minimum atomic E-state index is -0.435. The molecule has 104 valence electrons. The van der Waals surface area contributed by atoms with Gasteiger partial charge in [0.15, 0.2) is 6.10 Å². The molecule has 1 heterocycles. The molecule has 2 aromatic carbocycles. The highest BCUT2D eigenvalue weighted by atomic mass is 16.5. The Morgan fingerprint density at radius 3 is 1.90 bits per heavy atom. The third-order valence-electron chi connectivity index (χ3n) is 3.19. The number of esters is 1. The first kappa shape index (κ1) is 13.2. The minimum absolute atomic E-state index is 0.401. The summed E-state index contributed by atoms with van der Waals surface area (Å²) in [6, 6.07) is 20.9. The van der Waals surface area contributed by atoms with Crippen LogP contribution in [-0.2, 0) is 4.74 Å². The summed E-state index contributed by atoms with van der Waals surface area (Å²) in [5, 5.41) is 0. The van der Waals surface area contributed by atoms with Crippen molar-refractivity contribution in [1.82, 2.24) is 0 Å². The highest BCUT2D eigenvalue weighted by Crippen LogP contribution is 2.26. The summed E-state index contributed by atoms with van der Waals surface area (Å²) in [5.41, 5.74) is 2.27. The van der Waals surface area contributed by atoms with Crippen LogP contribution in [0.5, 0.6) is 0 Å². The minimum Gasteiger partial charge on any atom is -0.472 e. The first-order chi connectivity index (χ1) is 10.3. The largest absolute Gasteiger partial charge is 0.472 e. The lowest BCUT2D eigenvalue weighted by Crippen LogP contribution is -2.12. The summed E-state index contributed by atoms with van der Waals surface area (Å²) < 4.78 is 10.6. The van der Waals surface area contributed by atoms with E-state index in [2.05, 4.69) is 0 Å². The van der Waals surface area contributed by atoms with Crippen LogP contribution in [0.3, 0.4) is 0 Å². The number of carbonyl (C=O) groups excluding carboxylic acids is 1. The highest BCUT2D eigenvalue weighted by Gasteiger charge is 2.20. The van der Waals surface area contributed by atoms with Gasteiger partial charge in [-0.3, -0.25) is 0 Å². The van der Waals surface area contributed by atoms with Gasteiger partial charge in [-0.2, -0.15) is 0 Å². The predicted octanol–water partition coefficient (Wildman–Crippen LogP) is 4.23. The molecule has 0 fully saturated rings. The fraction of sp³-hybridized carbons (Fsp3) is 0.0556. The van der Waals surface area contributed by atoms with Crippen molar-refractivity contribution >= 4 is 5.97 Å². The van der Waals surface area contributed by atoms with Crippen molar-refractivity contribution in [1.29, 1.82) is 0 Å². The molecular weight excluding hydrogens is 264 g/mol. The fourth-order valence-corrected chi connectivity index (χ4v) is 2.14. The SMILES string of the molecule is O=C(OC(c1ccccc1)c1ccccc1)c1ccoc1. The lowest BCUT2D eigenvalue weighted by Gasteiger charge is -2.18. The Labute approximate surface area is 122 Å². The Morgan fingerprint density at radius 2 is 1.43 bits per heavy atom. The molecule has 0 N–H and O–H groups in total. The van der Waals surface area contributed by atoms with Crippen molar-refractivity contribution in [2.75, 3.05) is 0 Å². The standard InChI is InChI=1S/C18H14O3/c19-18(16-11-12-20-13-16)21-17(14-7-3-1-4-8-14)15-9-5-2-6-10-15/h1-13,17H. The first-order valence-corrected chi connectivity index (χ1v) is 6.67. The molecule has 0 unspecified atom stereocenters. The van der Waals surface area contributed by atoms with Gasteiger partial charge in [-0.05, 0) is 17.2 Å². The van der Waals surface area contributed by atoms with E-state index in [1.54, 1.807) is 6.07 Å². The molecule has 0 spiro atoms. The number of rotatable bonds is 4. The van der Waals surface area contributed by atoms with E-state index < -0.39 is 12.1 Å². The average Bonchev–Trinajstić information content (AvgIpc) is 3.09. The van der Waals surface area contributed by atoms with Crippen LogP contribution >= 0.6 is 0 Å². The molecule has 3 rings (SSSR count). The second-order valence-electron chi connectivity index (χ2n) is 4.62. The van der Waals surface area contributed by atoms with Crippen LogP contribution < -0.4 is 0 Å². The second kappa shape index (κ2) is 6.09. The van der Waals surface area contributed by atoms with E-state index in [4.69, 9.17) is 9.15 Å². The van der Waals surface area contributed by atoms with Gasteiger partial charge in [0.2, 0.25) is 0 Å². The van der Waals surface area contributed by atoms with Crippen molar-refractivity contribution in [2.45, 2.75) is 6.10 Å². The Balaban J connectivity index is 1.92. The number of hydrogen-bond acceptors (Lipinski definition) is 3. The number of ether oxygens (including phenoxy) is 1. The van der Waals surface area contributed by atoms with Crippen molar-refractivity contribution in [3.63, 3.8) is 0 Å². The lowest BCUT2D eigenvalue weighted by molar-refractivity contribution is 0.0377. The van der Waals surface area contributed by atoms with Crippen molar-refractivity contribution < 1.29 is 13.9 Å². The summed E-state index contributed by atoms with van der Waals surface area (Å²) in [6.07, 6.45) is 2.40. The number of benzene rings is 2. The molecule has 0 amide bonds. The van der Waals surface area contributed by atoms with Crippen LogP contribution in [0.1, 0.15) is 27.6 Å². The quantitative estimate of drug-likeness (QED) is 0.670. The van der Waals surface area contributed by atoms with Gasteiger partial charge >= 0.3 is 5.97 Å². The van der Waals surface area contributed by atoms with Gasteiger partial charge in [-0.25, -0.2) is 4.79 Å². The van der Waals surface area contributed by atoms with Crippen molar-refractivity contribution in [2.24, 2.45) is 0 Å². The maximum absolute atomic E-state index is 12.2. The van der Waals surface area contributed by atoms with Crippen LogP contribution in [0.2, 0.25) is 0 Å². The maximum Gasteiger partial charge on any atom is 0.342 e. The molecule has 1 aromatic heterocycles. The number of carbonyl (C=O) groups is 1. The van der Waals surface area contributed by atoms with Crippen LogP contribution in [-0.4, -0.2) is 5.97 Å². The topological polar surface area (TPSA) is 39.4 Å². The van der Waals surface area contributed by atoms with E-state index in [1.807, 2.05) is 60.7 Å². The molecule has 21 heavy (non-hydrogen) atoms. The van der Waals surface area contributed by atoms with Crippen LogP contribution in [0.25, 0.3) is 0 Å². The van der Waals surface area contributed by atoms with Gasteiger partial charge < -0.3 is 9.15 Å². The van der Waals surface area contributed by atoms with E-state index in [9.17, 15) is 4.79 Å². The van der Waals surface area contributed by atoms with Gasteiger partial charge in [0.1, 0.15) is 6.26 Å². The van der Waals surface area contributed by atoms with Gasteiger partial charge in [-0.15, -0.1) is 0 Å². The van der Waals surface area contributed by atoms with E-state index in [0.29, 0.717) is 5.56 Å². The van der Waals surface area contributed by atoms with Gasteiger partial charge in [0.25, 0.3) is 0 Å². The summed E-state index contributed by atoms with van der Waals surface area (Å²) in [5.74, 6) is -0.401. The Kier molecular flexibility index (Phi) is 3.83. The van der Waals surface area contributed by atoms with Gasteiger partial charge in [0, 0.05) is 0 Å². The van der Waals surface area contributed by atoms with E-state index in [-0.39, 0.29) is 0 Å². The monoisotopic (exact) mass is 278 g/mol. The molecular formula is C18H14O3. The Morgan fingerprint density at radius 1 is 0.857 bits per heavy atom. The van der Waals surface area contributed by atoms with Crippen LogP contribution in [0.4, 0.5) is 0 Å². The summed E-state index contributed by atoms with van der Waals surface area (Å²) in [6.45, 7) is 0. The Bertz CT molecular complexity index is 648. The van der Waals surface area contributed by atoms with Crippen LogP contribution in [0.15, 0.2) is 83.7 Å². The smallest absolute Gasteiger partial charge is 0.342 e. The van der Waals surface area contributed by atoms with Crippen molar-refractivity contribution in [3.8, 4) is 0 Å². The lowest BCUT2D eigenvalue weighted by atomic mass is 10.0. The molecule has 0 aliphatic carbocycles. The van der Waals surface area contributed by atoms with Gasteiger partial charge in [0.05, 0.1) is 11.8 Å². The van der Waals surface area contributed by atoms with E-state index in [1.165, 1.54) is 12.5 Å². The molecule has 3 nitrogen and oxygen atoms in total. The average molecular weight is 278 g/mol. The zero-order chi connectivity index (χ0) is 14.5. The van der Waals surface area contributed by atoms with Crippen molar-refractivity contribution in [3.05, 3.63) is 95.9 Å². The Hall–Kier alpha value is -2.81.